The number of hydrogen-bond acceptors (Lipinski definition) is 8. The van der Waals surface area contributed by atoms with E-state index < -0.39 is 0 Å². The molecule has 1 saturated carbocycles. The first-order valence-corrected chi connectivity index (χ1v) is 12.4. The molecule has 4 heterocycles. The number of fused-ring (bicyclic) bond motifs is 1. The van der Waals surface area contributed by atoms with Crippen LogP contribution in [0.5, 0.6) is 0 Å². The minimum absolute atomic E-state index is 0.116. The summed E-state index contributed by atoms with van der Waals surface area (Å²) in [5.74, 6) is 3.19. The van der Waals surface area contributed by atoms with Crippen molar-refractivity contribution in [3.8, 4) is 0 Å². The molecule has 1 saturated heterocycles. The zero-order valence-electron chi connectivity index (χ0n) is 20.3. The van der Waals surface area contributed by atoms with Gasteiger partial charge in [-0.1, -0.05) is 0 Å². The molecule has 0 spiro atoms. The summed E-state index contributed by atoms with van der Waals surface area (Å²) in [4.78, 5) is 15.9. The van der Waals surface area contributed by atoms with Crippen LogP contribution in [-0.4, -0.2) is 68.6 Å². The van der Waals surface area contributed by atoms with Crippen LogP contribution in [0.3, 0.4) is 0 Å². The summed E-state index contributed by atoms with van der Waals surface area (Å²) in [5.41, 5.74) is 3.63. The molecule has 2 fully saturated rings. The number of aliphatic hydroxyl groups excluding tert-OH is 1. The summed E-state index contributed by atoms with van der Waals surface area (Å²) in [6.45, 7) is 6.47. The lowest BCUT2D eigenvalue weighted by molar-refractivity contribution is 0.121. The van der Waals surface area contributed by atoms with Crippen molar-refractivity contribution in [1.82, 2.24) is 24.6 Å². The molecule has 5 rings (SSSR count). The van der Waals surface area contributed by atoms with Gasteiger partial charge in [-0.3, -0.25) is 0 Å². The van der Waals surface area contributed by atoms with Crippen molar-refractivity contribution in [3.63, 3.8) is 0 Å². The molecule has 182 valence electrons. The van der Waals surface area contributed by atoms with E-state index in [1.165, 1.54) is 11.3 Å². The zero-order chi connectivity index (χ0) is 23.7. The van der Waals surface area contributed by atoms with E-state index in [4.69, 9.17) is 9.84 Å². The first-order chi connectivity index (χ1) is 16.5. The highest BCUT2D eigenvalue weighted by Gasteiger charge is 2.31. The Morgan fingerprint density at radius 2 is 2.00 bits per heavy atom. The summed E-state index contributed by atoms with van der Waals surface area (Å²) in [7, 11) is 1.70. The second kappa shape index (κ2) is 9.84. The van der Waals surface area contributed by atoms with Crippen LogP contribution in [0.4, 0.5) is 11.8 Å². The van der Waals surface area contributed by atoms with Gasteiger partial charge in [0.15, 0.2) is 0 Å². The van der Waals surface area contributed by atoms with Crippen molar-refractivity contribution in [2.45, 2.75) is 69.9 Å². The van der Waals surface area contributed by atoms with Gasteiger partial charge in [0.05, 0.1) is 24.4 Å². The summed E-state index contributed by atoms with van der Waals surface area (Å²) in [6.07, 6.45) is 8.34. The second-order valence-corrected chi connectivity index (χ2v) is 9.80. The molecule has 9 heteroatoms. The van der Waals surface area contributed by atoms with Crippen molar-refractivity contribution in [2.24, 2.45) is 0 Å². The van der Waals surface area contributed by atoms with E-state index in [2.05, 4.69) is 42.7 Å². The molecule has 0 bridgehead atoms. The minimum Gasteiger partial charge on any atom is -0.393 e. The Balaban J connectivity index is 1.46. The third kappa shape index (κ3) is 4.72. The van der Waals surface area contributed by atoms with Gasteiger partial charge in [-0.05, 0) is 63.6 Å². The Morgan fingerprint density at radius 1 is 1.18 bits per heavy atom. The lowest BCUT2D eigenvalue weighted by Crippen LogP contribution is -2.23. The molecule has 34 heavy (non-hydrogen) atoms. The van der Waals surface area contributed by atoms with Crippen LogP contribution < -0.4 is 10.2 Å². The van der Waals surface area contributed by atoms with Gasteiger partial charge in [0.2, 0.25) is 5.95 Å². The number of anilines is 2. The minimum atomic E-state index is -0.177. The van der Waals surface area contributed by atoms with Gasteiger partial charge in [0, 0.05) is 50.0 Å². The summed E-state index contributed by atoms with van der Waals surface area (Å²) < 4.78 is 7.36. The van der Waals surface area contributed by atoms with Crippen LogP contribution in [0.25, 0.3) is 5.52 Å². The van der Waals surface area contributed by atoms with Gasteiger partial charge in [-0.25, -0.2) is 19.5 Å². The SMILES string of the molecule is COC[C@H](C)Nc1ncc2c([C@@H]3CCN(c4ccnc(C)n4)C3)cc(C3CCC(O)CC3)n2n1. The largest absolute Gasteiger partial charge is 0.393 e. The molecule has 3 aromatic rings. The van der Waals surface area contributed by atoms with Crippen LogP contribution in [-0.2, 0) is 4.74 Å². The fourth-order valence-electron chi connectivity index (χ4n) is 5.45. The molecular formula is C25H35N7O2. The van der Waals surface area contributed by atoms with E-state index in [1.54, 1.807) is 7.11 Å². The van der Waals surface area contributed by atoms with E-state index in [9.17, 15) is 5.11 Å². The van der Waals surface area contributed by atoms with E-state index >= 15 is 0 Å². The van der Waals surface area contributed by atoms with Crippen LogP contribution in [0, 0.1) is 6.92 Å². The number of hydrogen-bond donors (Lipinski definition) is 2. The van der Waals surface area contributed by atoms with Crippen molar-refractivity contribution in [2.75, 3.05) is 37.0 Å². The number of methoxy groups -OCH3 is 1. The lowest BCUT2D eigenvalue weighted by atomic mass is 9.85. The predicted molar refractivity (Wildman–Crippen MR) is 132 cm³/mol. The van der Waals surface area contributed by atoms with Crippen molar-refractivity contribution >= 4 is 17.3 Å². The Labute approximate surface area is 200 Å². The Bertz CT molecular complexity index is 1130. The van der Waals surface area contributed by atoms with Crippen molar-refractivity contribution in [1.29, 1.82) is 0 Å². The molecule has 0 aromatic carbocycles. The van der Waals surface area contributed by atoms with Crippen LogP contribution in [0.15, 0.2) is 24.5 Å². The highest BCUT2D eigenvalue weighted by Crippen LogP contribution is 2.39. The first-order valence-electron chi connectivity index (χ1n) is 12.4. The van der Waals surface area contributed by atoms with E-state index in [0.717, 1.165) is 62.4 Å². The van der Waals surface area contributed by atoms with Gasteiger partial charge >= 0.3 is 0 Å². The van der Waals surface area contributed by atoms with Gasteiger partial charge in [-0.15, -0.1) is 5.10 Å². The molecule has 9 nitrogen and oxygen atoms in total. The number of aliphatic hydroxyl groups is 1. The number of rotatable bonds is 7. The number of nitrogens with zero attached hydrogens (tertiary/aromatic N) is 6. The summed E-state index contributed by atoms with van der Waals surface area (Å²) >= 11 is 0. The molecule has 0 unspecified atom stereocenters. The molecule has 0 amide bonds. The molecule has 2 atom stereocenters. The van der Waals surface area contributed by atoms with Gasteiger partial charge in [-0.2, -0.15) is 0 Å². The third-order valence-corrected chi connectivity index (χ3v) is 7.20. The number of nitrogens with one attached hydrogen (secondary N) is 1. The smallest absolute Gasteiger partial charge is 0.241 e. The highest BCUT2D eigenvalue weighted by atomic mass is 16.5. The maximum atomic E-state index is 10.0. The van der Waals surface area contributed by atoms with E-state index in [0.29, 0.717) is 24.4 Å². The standard InChI is InChI=1S/C25H35N7O2/c1-16(15-34-3)28-25-27-13-23-21(12-22(32(23)30-25)18-4-6-20(33)7-5-18)19-9-11-31(14-19)24-8-10-26-17(2)29-24/h8,10,12-13,16,18-20,33H,4-7,9,11,14-15H2,1-3H3,(H,28,30)/t16-,18?,19+,20?/m0/s1. The zero-order valence-corrected chi connectivity index (χ0v) is 20.3. The van der Waals surface area contributed by atoms with Gasteiger partial charge < -0.3 is 20.1 Å². The molecule has 3 aromatic heterocycles. The van der Waals surface area contributed by atoms with Crippen molar-refractivity contribution < 1.29 is 9.84 Å². The monoisotopic (exact) mass is 465 g/mol. The third-order valence-electron chi connectivity index (χ3n) is 7.20. The second-order valence-electron chi connectivity index (χ2n) is 9.80. The Morgan fingerprint density at radius 3 is 2.76 bits per heavy atom. The number of aromatic nitrogens is 5. The lowest BCUT2D eigenvalue weighted by Gasteiger charge is -2.25. The number of ether oxygens (including phenoxy) is 1. The van der Waals surface area contributed by atoms with E-state index in [1.807, 2.05) is 25.4 Å². The van der Waals surface area contributed by atoms with E-state index in [-0.39, 0.29) is 12.1 Å². The van der Waals surface area contributed by atoms with Crippen molar-refractivity contribution in [3.05, 3.63) is 41.6 Å². The topological polar surface area (TPSA) is 101 Å². The molecular weight excluding hydrogens is 430 g/mol. The van der Waals surface area contributed by atoms with Crippen LogP contribution in [0.2, 0.25) is 0 Å². The van der Waals surface area contributed by atoms with Gasteiger partial charge in [0.1, 0.15) is 11.6 Å². The Hall–Kier alpha value is -2.78. The highest BCUT2D eigenvalue weighted by molar-refractivity contribution is 5.60. The van der Waals surface area contributed by atoms with Gasteiger partial charge in [0.25, 0.3) is 0 Å². The Kier molecular flexibility index (Phi) is 6.65. The average Bonchev–Trinajstić information content (AvgIpc) is 3.45. The molecule has 1 aliphatic carbocycles. The van der Waals surface area contributed by atoms with Crippen LogP contribution in [0.1, 0.15) is 67.9 Å². The fraction of sp³-hybridized carbons (Fsp3) is 0.600. The number of aryl methyl sites for hydroxylation is 1. The molecule has 0 radical (unpaired) electrons. The first kappa shape index (κ1) is 23.0. The average molecular weight is 466 g/mol. The summed E-state index contributed by atoms with van der Waals surface area (Å²) in [6, 6.07) is 4.47. The maximum Gasteiger partial charge on any atom is 0.241 e. The predicted octanol–water partition coefficient (Wildman–Crippen LogP) is 3.29. The van der Waals surface area contributed by atoms with Crippen LogP contribution >= 0.6 is 0 Å². The molecule has 1 aliphatic heterocycles. The normalized spacial score (nSPS) is 24.0. The summed E-state index contributed by atoms with van der Waals surface area (Å²) in [5, 5.41) is 18.3. The fourth-order valence-corrected chi connectivity index (χ4v) is 5.45. The maximum absolute atomic E-state index is 10.0. The quantitative estimate of drug-likeness (QED) is 0.548. The molecule has 2 aliphatic rings. The molecule has 2 N–H and O–H groups in total.